The van der Waals surface area contributed by atoms with Crippen molar-refractivity contribution in [2.24, 2.45) is 0 Å². The fourth-order valence-electron chi connectivity index (χ4n) is 3.79. The van der Waals surface area contributed by atoms with Crippen molar-refractivity contribution in [1.29, 1.82) is 0 Å². The van der Waals surface area contributed by atoms with Gasteiger partial charge in [-0.25, -0.2) is 0 Å². The summed E-state index contributed by atoms with van der Waals surface area (Å²) in [6.45, 7) is 1.27. The van der Waals surface area contributed by atoms with E-state index in [4.69, 9.17) is 32.7 Å². The van der Waals surface area contributed by atoms with Crippen LogP contribution >= 0.6 is 23.2 Å². The average Bonchev–Trinajstić information content (AvgIpc) is 2.73. The SMILES string of the molecule is O=C(NC1CCN(C(=O)c2c(Cl)cccc2Cl)CC1)C1COC2C=CC=CC2O1. The van der Waals surface area contributed by atoms with Crippen LogP contribution < -0.4 is 5.32 Å². The van der Waals surface area contributed by atoms with E-state index in [1.165, 1.54) is 0 Å². The van der Waals surface area contributed by atoms with Gasteiger partial charge in [-0.3, -0.25) is 9.59 Å². The molecule has 3 atom stereocenters. The topological polar surface area (TPSA) is 67.9 Å². The maximum atomic E-state index is 12.8. The van der Waals surface area contributed by atoms with Gasteiger partial charge in [0, 0.05) is 19.1 Å². The summed E-state index contributed by atoms with van der Waals surface area (Å²) in [5, 5.41) is 3.72. The Labute approximate surface area is 179 Å². The molecule has 1 N–H and O–H groups in total. The summed E-state index contributed by atoms with van der Waals surface area (Å²) in [7, 11) is 0. The van der Waals surface area contributed by atoms with E-state index in [0.29, 0.717) is 41.5 Å². The lowest BCUT2D eigenvalue weighted by molar-refractivity contribution is -0.169. The Morgan fingerprint density at radius 2 is 1.69 bits per heavy atom. The molecule has 2 amide bonds. The normalized spacial score (nSPS) is 26.8. The Balaban J connectivity index is 1.29. The fourth-order valence-corrected chi connectivity index (χ4v) is 4.34. The van der Waals surface area contributed by atoms with Gasteiger partial charge in [-0.1, -0.05) is 53.6 Å². The van der Waals surface area contributed by atoms with E-state index in [0.717, 1.165) is 0 Å². The molecule has 3 aliphatic rings. The van der Waals surface area contributed by atoms with Crippen LogP contribution in [0, 0.1) is 0 Å². The molecule has 2 heterocycles. The highest BCUT2D eigenvalue weighted by Gasteiger charge is 2.35. The average molecular weight is 437 g/mol. The largest absolute Gasteiger partial charge is 0.368 e. The minimum absolute atomic E-state index is 0.0172. The third-order valence-electron chi connectivity index (χ3n) is 5.40. The summed E-state index contributed by atoms with van der Waals surface area (Å²) < 4.78 is 11.6. The first-order valence-electron chi connectivity index (χ1n) is 9.68. The zero-order valence-corrected chi connectivity index (χ0v) is 17.2. The lowest BCUT2D eigenvalue weighted by atomic mass is 10.0. The summed E-state index contributed by atoms with van der Waals surface area (Å²) in [6.07, 6.45) is 7.95. The molecule has 0 spiro atoms. The Bertz CT molecular complexity index is 829. The first-order chi connectivity index (χ1) is 14.0. The lowest BCUT2D eigenvalue weighted by Crippen LogP contribution is -2.53. The molecule has 1 aromatic rings. The number of fused-ring (bicyclic) bond motifs is 1. The molecule has 6 nitrogen and oxygen atoms in total. The smallest absolute Gasteiger partial charge is 0.256 e. The monoisotopic (exact) mass is 436 g/mol. The van der Waals surface area contributed by atoms with Gasteiger partial charge < -0.3 is 19.7 Å². The van der Waals surface area contributed by atoms with E-state index < -0.39 is 6.10 Å². The van der Waals surface area contributed by atoms with E-state index in [1.807, 2.05) is 24.3 Å². The number of rotatable bonds is 3. The second kappa shape index (κ2) is 8.88. The lowest BCUT2D eigenvalue weighted by Gasteiger charge is -2.36. The van der Waals surface area contributed by atoms with Crippen LogP contribution in [0.25, 0.3) is 0 Å². The number of carbonyl (C=O) groups excluding carboxylic acids is 2. The van der Waals surface area contributed by atoms with Crippen LogP contribution in [-0.4, -0.2) is 60.8 Å². The summed E-state index contributed by atoms with van der Waals surface area (Å²) in [5.41, 5.74) is 0.329. The molecule has 0 saturated carbocycles. The van der Waals surface area contributed by atoms with E-state index in [1.54, 1.807) is 23.1 Å². The maximum Gasteiger partial charge on any atom is 0.256 e. The number of allylic oxidation sites excluding steroid dienone is 2. The predicted octanol–water partition coefficient (Wildman–Crippen LogP) is 2.99. The van der Waals surface area contributed by atoms with Gasteiger partial charge in [0.05, 0.1) is 22.2 Å². The zero-order valence-electron chi connectivity index (χ0n) is 15.7. The van der Waals surface area contributed by atoms with Crippen molar-refractivity contribution < 1.29 is 19.1 Å². The van der Waals surface area contributed by atoms with Crippen LogP contribution in [0.4, 0.5) is 0 Å². The molecule has 8 heteroatoms. The molecular weight excluding hydrogens is 415 g/mol. The second-order valence-corrected chi connectivity index (χ2v) is 8.14. The van der Waals surface area contributed by atoms with Crippen molar-refractivity contribution in [3.8, 4) is 0 Å². The van der Waals surface area contributed by atoms with Gasteiger partial charge in [0.2, 0.25) is 0 Å². The van der Waals surface area contributed by atoms with Crippen molar-refractivity contribution in [2.75, 3.05) is 19.7 Å². The molecule has 1 aromatic carbocycles. The van der Waals surface area contributed by atoms with Crippen molar-refractivity contribution in [3.05, 3.63) is 58.1 Å². The van der Waals surface area contributed by atoms with Gasteiger partial charge in [-0.15, -0.1) is 0 Å². The number of hydrogen-bond donors (Lipinski definition) is 1. The minimum atomic E-state index is -0.631. The van der Waals surface area contributed by atoms with Crippen molar-refractivity contribution in [3.63, 3.8) is 0 Å². The van der Waals surface area contributed by atoms with Crippen LogP contribution in [0.1, 0.15) is 23.2 Å². The van der Waals surface area contributed by atoms with E-state index in [2.05, 4.69) is 5.32 Å². The number of benzene rings is 1. The summed E-state index contributed by atoms with van der Waals surface area (Å²) in [4.78, 5) is 27.1. The number of likely N-dealkylation sites (tertiary alicyclic amines) is 1. The van der Waals surface area contributed by atoms with Crippen molar-refractivity contribution in [2.45, 2.75) is 37.2 Å². The molecule has 2 aliphatic heterocycles. The van der Waals surface area contributed by atoms with Crippen LogP contribution in [0.3, 0.4) is 0 Å². The third kappa shape index (κ3) is 4.51. The quantitative estimate of drug-likeness (QED) is 0.790. The summed E-state index contributed by atoms with van der Waals surface area (Å²) >= 11 is 12.3. The highest BCUT2D eigenvalue weighted by Crippen LogP contribution is 2.27. The Morgan fingerprint density at radius 3 is 2.38 bits per heavy atom. The highest BCUT2D eigenvalue weighted by molar-refractivity contribution is 6.39. The van der Waals surface area contributed by atoms with Crippen LogP contribution in [-0.2, 0) is 14.3 Å². The van der Waals surface area contributed by atoms with Crippen molar-refractivity contribution in [1.82, 2.24) is 10.2 Å². The van der Waals surface area contributed by atoms with Gasteiger partial charge >= 0.3 is 0 Å². The number of hydrogen-bond acceptors (Lipinski definition) is 4. The summed E-state index contributed by atoms with van der Waals surface area (Å²) in [6, 6.07) is 5.00. The molecule has 1 aliphatic carbocycles. The van der Waals surface area contributed by atoms with Gasteiger partial charge in [0.25, 0.3) is 11.8 Å². The van der Waals surface area contributed by atoms with Crippen molar-refractivity contribution >= 4 is 35.0 Å². The Hall–Kier alpha value is -1.86. The number of carbonyl (C=O) groups is 2. The number of halogens is 2. The molecule has 2 saturated heterocycles. The van der Waals surface area contributed by atoms with Gasteiger partial charge in [-0.05, 0) is 25.0 Å². The number of ether oxygens (including phenoxy) is 2. The molecular formula is C21H22Cl2N2O4. The van der Waals surface area contributed by atoms with E-state index in [9.17, 15) is 9.59 Å². The molecule has 29 heavy (non-hydrogen) atoms. The van der Waals surface area contributed by atoms with Gasteiger partial charge in [0.1, 0.15) is 12.2 Å². The van der Waals surface area contributed by atoms with Crippen LogP contribution in [0.2, 0.25) is 10.0 Å². The first-order valence-corrected chi connectivity index (χ1v) is 10.4. The number of nitrogens with one attached hydrogen (secondary N) is 1. The molecule has 154 valence electrons. The van der Waals surface area contributed by atoms with Gasteiger partial charge in [0.15, 0.2) is 6.10 Å². The molecule has 0 bridgehead atoms. The molecule has 3 unspecified atom stereocenters. The Kier molecular flexibility index (Phi) is 6.25. The molecule has 4 rings (SSSR count). The minimum Gasteiger partial charge on any atom is -0.368 e. The highest BCUT2D eigenvalue weighted by atomic mass is 35.5. The number of nitrogens with zero attached hydrogens (tertiary/aromatic N) is 1. The summed E-state index contributed by atoms with van der Waals surface area (Å²) in [5.74, 6) is -0.358. The molecule has 0 radical (unpaired) electrons. The first kappa shape index (κ1) is 20.4. The van der Waals surface area contributed by atoms with E-state index >= 15 is 0 Å². The Morgan fingerprint density at radius 1 is 1.03 bits per heavy atom. The third-order valence-corrected chi connectivity index (χ3v) is 6.03. The molecule has 2 fully saturated rings. The predicted molar refractivity (Wildman–Crippen MR) is 110 cm³/mol. The van der Waals surface area contributed by atoms with Crippen LogP contribution in [0.15, 0.2) is 42.5 Å². The fraction of sp³-hybridized carbons (Fsp3) is 0.429. The number of amides is 2. The number of piperidine rings is 1. The zero-order chi connectivity index (χ0) is 20.4. The maximum absolute atomic E-state index is 12.8. The van der Waals surface area contributed by atoms with E-state index in [-0.39, 0.29) is 36.7 Å². The molecule has 0 aromatic heterocycles. The standard InChI is InChI=1S/C21H22Cl2N2O4/c22-14-4-3-5-15(23)19(14)21(27)25-10-8-13(9-11-25)24-20(26)18-12-28-16-6-1-2-7-17(16)29-18/h1-7,13,16-18H,8-12H2,(H,24,26). The van der Waals surface area contributed by atoms with Gasteiger partial charge in [-0.2, -0.15) is 0 Å². The van der Waals surface area contributed by atoms with Crippen LogP contribution in [0.5, 0.6) is 0 Å². The second-order valence-electron chi connectivity index (χ2n) is 7.33.